The number of halogens is 2. The summed E-state index contributed by atoms with van der Waals surface area (Å²) in [7, 11) is 0. The molecule has 0 aromatic rings. The maximum absolute atomic E-state index is 5.78. The van der Waals surface area contributed by atoms with Crippen molar-refractivity contribution >= 4 is 24.0 Å². The van der Waals surface area contributed by atoms with E-state index in [1.165, 1.54) is 25.7 Å². The van der Waals surface area contributed by atoms with Crippen LogP contribution < -0.4 is 5.73 Å². The summed E-state index contributed by atoms with van der Waals surface area (Å²) in [5, 5.41) is 0. The Hall–Kier alpha value is 0.540. The third-order valence-electron chi connectivity index (χ3n) is 2.38. The van der Waals surface area contributed by atoms with E-state index in [-0.39, 0.29) is 12.4 Å². The summed E-state index contributed by atoms with van der Waals surface area (Å²) in [5.41, 5.74) is 5.92. The van der Waals surface area contributed by atoms with Crippen LogP contribution in [-0.2, 0) is 0 Å². The van der Waals surface area contributed by atoms with Gasteiger partial charge in [-0.2, -0.15) is 0 Å². The van der Waals surface area contributed by atoms with E-state index in [1.807, 2.05) is 0 Å². The highest BCUT2D eigenvalue weighted by molar-refractivity contribution is 6.18. The van der Waals surface area contributed by atoms with Gasteiger partial charge in [-0.3, -0.25) is 0 Å². The lowest BCUT2D eigenvalue weighted by atomic mass is 9.89. The van der Waals surface area contributed by atoms with Crippen molar-refractivity contribution in [1.82, 2.24) is 0 Å². The van der Waals surface area contributed by atoms with Crippen molar-refractivity contribution in [1.29, 1.82) is 0 Å². The predicted molar refractivity (Wildman–Crippen MR) is 47.9 cm³/mol. The van der Waals surface area contributed by atoms with Gasteiger partial charge in [-0.1, -0.05) is 12.8 Å². The fourth-order valence-corrected chi connectivity index (χ4v) is 1.89. The van der Waals surface area contributed by atoms with Crippen molar-refractivity contribution in [2.24, 2.45) is 11.1 Å². The van der Waals surface area contributed by atoms with Crippen molar-refractivity contribution in [2.75, 3.05) is 12.4 Å². The van der Waals surface area contributed by atoms with Crippen LogP contribution in [0.15, 0.2) is 0 Å². The molecule has 0 aromatic carbocycles. The Labute approximate surface area is 73.7 Å². The van der Waals surface area contributed by atoms with Crippen LogP contribution in [0.1, 0.15) is 25.7 Å². The van der Waals surface area contributed by atoms with Crippen LogP contribution in [0, 0.1) is 5.41 Å². The molecule has 1 rings (SSSR count). The van der Waals surface area contributed by atoms with Gasteiger partial charge >= 0.3 is 0 Å². The lowest BCUT2D eigenvalue weighted by Gasteiger charge is -2.23. The zero-order chi connectivity index (χ0) is 6.74. The zero-order valence-corrected chi connectivity index (χ0v) is 7.68. The van der Waals surface area contributed by atoms with Gasteiger partial charge in [0.1, 0.15) is 0 Å². The SMILES string of the molecule is Cl.NCC1(CCl)CCCC1. The van der Waals surface area contributed by atoms with Crippen molar-refractivity contribution in [3.8, 4) is 0 Å². The van der Waals surface area contributed by atoms with Crippen LogP contribution in [0.25, 0.3) is 0 Å². The molecule has 1 fully saturated rings. The number of alkyl halides is 1. The first kappa shape index (κ1) is 10.5. The highest BCUT2D eigenvalue weighted by Gasteiger charge is 2.30. The summed E-state index contributed by atoms with van der Waals surface area (Å²) in [6.45, 7) is 0.774. The molecular formula is C7H15Cl2N. The second-order valence-corrected chi connectivity index (χ2v) is 3.31. The quantitative estimate of drug-likeness (QED) is 0.654. The van der Waals surface area contributed by atoms with Gasteiger partial charge in [-0.15, -0.1) is 24.0 Å². The van der Waals surface area contributed by atoms with Crippen LogP contribution in [-0.4, -0.2) is 12.4 Å². The molecule has 1 aliphatic rings. The molecule has 0 atom stereocenters. The molecule has 0 radical (unpaired) electrons. The van der Waals surface area contributed by atoms with Crippen LogP contribution >= 0.6 is 24.0 Å². The molecule has 0 bridgehead atoms. The molecule has 3 heteroatoms. The summed E-state index contributed by atoms with van der Waals surface area (Å²) in [6.07, 6.45) is 5.13. The fourth-order valence-electron chi connectivity index (χ4n) is 1.52. The number of rotatable bonds is 2. The van der Waals surface area contributed by atoms with E-state index in [2.05, 4.69) is 0 Å². The Morgan fingerprint density at radius 2 is 1.80 bits per heavy atom. The molecule has 1 nitrogen and oxygen atoms in total. The van der Waals surface area contributed by atoms with Gasteiger partial charge in [0, 0.05) is 5.88 Å². The maximum atomic E-state index is 5.78. The van der Waals surface area contributed by atoms with Gasteiger partial charge in [0.15, 0.2) is 0 Å². The third kappa shape index (κ3) is 2.01. The molecule has 1 aliphatic carbocycles. The summed E-state index contributed by atoms with van der Waals surface area (Å²) in [6, 6.07) is 0. The Balaban J connectivity index is 0.000000810. The number of hydrogen-bond donors (Lipinski definition) is 1. The molecule has 10 heavy (non-hydrogen) atoms. The van der Waals surface area contributed by atoms with E-state index >= 15 is 0 Å². The smallest absolute Gasteiger partial charge is 0.0292 e. The Bertz CT molecular complexity index is 83.6. The Morgan fingerprint density at radius 1 is 1.30 bits per heavy atom. The van der Waals surface area contributed by atoms with Crippen LogP contribution in [0.2, 0.25) is 0 Å². The number of hydrogen-bond acceptors (Lipinski definition) is 1. The third-order valence-corrected chi connectivity index (χ3v) is 2.95. The molecule has 1 saturated carbocycles. The predicted octanol–water partition coefficient (Wildman–Crippen LogP) is 2.17. The first-order chi connectivity index (χ1) is 4.33. The second kappa shape index (κ2) is 4.42. The molecule has 0 spiro atoms. The van der Waals surface area contributed by atoms with Gasteiger partial charge in [0.05, 0.1) is 0 Å². The lowest BCUT2D eigenvalue weighted by Crippen LogP contribution is -2.28. The normalized spacial score (nSPS) is 22.2. The van der Waals surface area contributed by atoms with E-state index in [4.69, 9.17) is 17.3 Å². The number of nitrogens with two attached hydrogens (primary N) is 1. The lowest BCUT2D eigenvalue weighted by molar-refractivity contribution is 0.356. The van der Waals surface area contributed by atoms with E-state index in [1.54, 1.807) is 0 Å². The van der Waals surface area contributed by atoms with Gasteiger partial charge in [-0.05, 0) is 24.8 Å². The molecule has 0 aliphatic heterocycles. The van der Waals surface area contributed by atoms with Gasteiger partial charge in [0.25, 0.3) is 0 Å². The first-order valence-electron chi connectivity index (χ1n) is 3.59. The largest absolute Gasteiger partial charge is 0.330 e. The average molecular weight is 184 g/mol. The van der Waals surface area contributed by atoms with Gasteiger partial charge in [-0.25, -0.2) is 0 Å². The average Bonchev–Trinajstić information content (AvgIpc) is 2.36. The first-order valence-corrected chi connectivity index (χ1v) is 4.12. The summed E-state index contributed by atoms with van der Waals surface area (Å²) >= 11 is 5.78. The molecular weight excluding hydrogens is 169 g/mol. The summed E-state index contributed by atoms with van der Waals surface area (Å²) < 4.78 is 0. The highest BCUT2D eigenvalue weighted by atomic mass is 35.5. The Morgan fingerprint density at radius 3 is 2.00 bits per heavy atom. The molecule has 0 saturated heterocycles. The fraction of sp³-hybridized carbons (Fsp3) is 1.00. The topological polar surface area (TPSA) is 26.0 Å². The maximum Gasteiger partial charge on any atom is 0.0292 e. The molecule has 0 amide bonds. The molecule has 2 N–H and O–H groups in total. The van der Waals surface area contributed by atoms with Gasteiger partial charge < -0.3 is 5.73 Å². The van der Waals surface area contributed by atoms with E-state index < -0.39 is 0 Å². The molecule has 0 unspecified atom stereocenters. The van der Waals surface area contributed by atoms with E-state index in [9.17, 15) is 0 Å². The highest BCUT2D eigenvalue weighted by Crippen LogP contribution is 2.37. The van der Waals surface area contributed by atoms with Crippen molar-refractivity contribution < 1.29 is 0 Å². The van der Waals surface area contributed by atoms with Crippen LogP contribution in [0.3, 0.4) is 0 Å². The minimum Gasteiger partial charge on any atom is -0.330 e. The molecule has 62 valence electrons. The second-order valence-electron chi connectivity index (χ2n) is 3.04. The standard InChI is InChI=1S/C7H14ClN.ClH/c8-5-7(6-9)3-1-2-4-7;/h1-6,9H2;1H. The van der Waals surface area contributed by atoms with E-state index in [0.717, 1.165) is 12.4 Å². The Kier molecular flexibility index (Phi) is 4.66. The minimum absolute atomic E-state index is 0. The van der Waals surface area contributed by atoms with Crippen LogP contribution in [0.5, 0.6) is 0 Å². The van der Waals surface area contributed by atoms with E-state index in [0.29, 0.717) is 5.41 Å². The van der Waals surface area contributed by atoms with Gasteiger partial charge in [0.2, 0.25) is 0 Å². The monoisotopic (exact) mass is 183 g/mol. The van der Waals surface area contributed by atoms with Crippen molar-refractivity contribution in [3.63, 3.8) is 0 Å². The van der Waals surface area contributed by atoms with Crippen molar-refractivity contribution in [2.45, 2.75) is 25.7 Å². The molecule has 0 heterocycles. The molecule has 0 aromatic heterocycles. The summed E-state index contributed by atoms with van der Waals surface area (Å²) in [4.78, 5) is 0. The van der Waals surface area contributed by atoms with Crippen LogP contribution in [0.4, 0.5) is 0 Å². The minimum atomic E-state index is 0. The zero-order valence-electron chi connectivity index (χ0n) is 6.11. The summed E-state index contributed by atoms with van der Waals surface area (Å²) in [5.74, 6) is 0.753. The van der Waals surface area contributed by atoms with Crippen molar-refractivity contribution in [3.05, 3.63) is 0 Å².